The van der Waals surface area contributed by atoms with Gasteiger partial charge in [-0.15, -0.1) is 0 Å². The monoisotopic (exact) mass is 311 g/mol. The molecule has 1 aliphatic rings. The van der Waals surface area contributed by atoms with Gasteiger partial charge in [-0.05, 0) is 18.2 Å². The number of anilines is 1. The lowest BCUT2D eigenvalue weighted by Gasteiger charge is -2.09. The minimum Gasteiger partial charge on any atom is -0.326 e. The number of nitrogens with zero attached hydrogens (tertiary/aromatic N) is 2. The number of amidine groups is 1. The largest absolute Gasteiger partial charge is 0.326 e. The van der Waals surface area contributed by atoms with Crippen LogP contribution in [-0.4, -0.2) is 41.2 Å². The van der Waals surface area contributed by atoms with E-state index in [0.717, 1.165) is 0 Å². The fourth-order valence-corrected chi connectivity index (χ4v) is 3.14. The van der Waals surface area contributed by atoms with E-state index in [-0.39, 0.29) is 18.2 Å². The molecule has 1 atom stereocenters. The molecule has 1 saturated heterocycles. The second kappa shape index (κ2) is 6.28. The van der Waals surface area contributed by atoms with Crippen molar-refractivity contribution in [1.29, 1.82) is 0 Å². The molecule has 0 unspecified atom stereocenters. The Morgan fingerprint density at radius 2 is 2.30 bits per heavy atom. The van der Waals surface area contributed by atoms with Crippen LogP contribution in [0.3, 0.4) is 0 Å². The lowest BCUT2D eigenvalue weighted by molar-refractivity contribution is -0.127. The second-order valence-corrected chi connectivity index (χ2v) is 5.88. The molecule has 1 N–H and O–H groups in total. The van der Waals surface area contributed by atoms with Gasteiger partial charge in [-0.2, -0.15) is 0 Å². The third-order valence-electron chi connectivity index (χ3n) is 2.81. The predicted molar refractivity (Wildman–Crippen MR) is 82.2 cm³/mol. The van der Waals surface area contributed by atoms with E-state index in [1.54, 1.807) is 38.4 Å². The Hall–Kier alpha value is -1.53. The smallest absolute Gasteiger partial charge is 0.242 e. The summed E-state index contributed by atoms with van der Waals surface area (Å²) in [6, 6.07) is 6.89. The molecule has 1 fully saturated rings. The summed E-state index contributed by atoms with van der Waals surface area (Å²) in [4.78, 5) is 29.4. The Morgan fingerprint density at radius 3 is 2.90 bits per heavy atom. The SMILES string of the molecule is CN=C1S[C@H](CC(=O)Nc2cccc(Cl)c2)C(=O)N1C. The molecule has 7 heteroatoms. The summed E-state index contributed by atoms with van der Waals surface area (Å²) in [5.41, 5.74) is 0.621. The third-order valence-corrected chi connectivity index (χ3v) is 4.37. The molecule has 1 aromatic rings. The van der Waals surface area contributed by atoms with E-state index in [9.17, 15) is 9.59 Å². The van der Waals surface area contributed by atoms with Gasteiger partial charge in [0, 0.05) is 31.2 Å². The number of carbonyl (C=O) groups is 2. The molecule has 2 amide bonds. The summed E-state index contributed by atoms with van der Waals surface area (Å²) in [6.07, 6.45) is 0.110. The topological polar surface area (TPSA) is 61.8 Å². The fourth-order valence-electron chi connectivity index (χ4n) is 1.85. The zero-order chi connectivity index (χ0) is 14.7. The van der Waals surface area contributed by atoms with Crippen molar-refractivity contribution in [2.75, 3.05) is 19.4 Å². The van der Waals surface area contributed by atoms with Crippen LogP contribution in [0.2, 0.25) is 5.02 Å². The number of halogens is 1. The molecule has 0 bridgehead atoms. The van der Waals surface area contributed by atoms with Gasteiger partial charge in [0.2, 0.25) is 11.8 Å². The molecule has 0 saturated carbocycles. The third kappa shape index (κ3) is 3.32. The first-order chi connectivity index (χ1) is 9.51. The van der Waals surface area contributed by atoms with Gasteiger partial charge in [0.25, 0.3) is 0 Å². The summed E-state index contributed by atoms with van der Waals surface area (Å²) >= 11 is 7.16. The van der Waals surface area contributed by atoms with E-state index in [0.29, 0.717) is 15.9 Å². The molecule has 5 nitrogen and oxygen atoms in total. The molecule has 20 heavy (non-hydrogen) atoms. The van der Waals surface area contributed by atoms with Gasteiger partial charge < -0.3 is 5.32 Å². The van der Waals surface area contributed by atoms with Crippen molar-refractivity contribution < 1.29 is 9.59 Å². The molecule has 1 aromatic carbocycles. The number of aliphatic imine (C=N–C) groups is 1. The molecule has 0 spiro atoms. The molecule has 0 radical (unpaired) electrons. The molecular weight excluding hydrogens is 298 g/mol. The fraction of sp³-hybridized carbons (Fsp3) is 0.308. The molecule has 1 aliphatic heterocycles. The van der Waals surface area contributed by atoms with Gasteiger partial charge in [-0.1, -0.05) is 29.4 Å². The Morgan fingerprint density at radius 1 is 1.55 bits per heavy atom. The van der Waals surface area contributed by atoms with Crippen LogP contribution in [0.5, 0.6) is 0 Å². The van der Waals surface area contributed by atoms with Crippen molar-refractivity contribution in [2.45, 2.75) is 11.7 Å². The van der Waals surface area contributed by atoms with Crippen molar-refractivity contribution in [3.8, 4) is 0 Å². The number of hydrogen-bond acceptors (Lipinski definition) is 4. The second-order valence-electron chi connectivity index (χ2n) is 4.27. The van der Waals surface area contributed by atoms with E-state index in [2.05, 4.69) is 10.3 Å². The Bertz CT molecular complexity index is 576. The highest BCUT2D eigenvalue weighted by atomic mass is 35.5. The van der Waals surface area contributed by atoms with Gasteiger partial charge in [-0.25, -0.2) is 0 Å². The van der Waals surface area contributed by atoms with E-state index >= 15 is 0 Å². The van der Waals surface area contributed by atoms with Gasteiger partial charge in [-0.3, -0.25) is 19.5 Å². The van der Waals surface area contributed by atoms with E-state index in [1.807, 2.05) is 0 Å². The van der Waals surface area contributed by atoms with Crippen LogP contribution in [0.15, 0.2) is 29.3 Å². The number of thioether (sulfide) groups is 1. The van der Waals surface area contributed by atoms with Crippen molar-refractivity contribution in [3.05, 3.63) is 29.3 Å². The lowest BCUT2D eigenvalue weighted by Crippen LogP contribution is -2.30. The number of nitrogens with one attached hydrogen (secondary N) is 1. The highest BCUT2D eigenvalue weighted by molar-refractivity contribution is 8.15. The van der Waals surface area contributed by atoms with E-state index in [4.69, 9.17) is 11.6 Å². The van der Waals surface area contributed by atoms with Crippen LogP contribution in [0, 0.1) is 0 Å². The standard InChI is InChI=1S/C13H14ClN3O2S/c1-15-13-17(2)12(19)10(20-13)7-11(18)16-9-5-3-4-8(14)6-9/h3-6,10H,7H2,1-2H3,(H,16,18)/t10-/m1/s1. The van der Waals surface area contributed by atoms with Crippen LogP contribution < -0.4 is 5.32 Å². The van der Waals surface area contributed by atoms with Gasteiger partial charge >= 0.3 is 0 Å². The summed E-state index contributed by atoms with van der Waals surface area (Å²) in [5.74, 6) is -0.319. The van der Waals surface area contributed by atoms with Crippen molar-refractivity contribution in [3.63, 3.8) is 0 Å². The number of carbonyl (C=O) groups excluding carboxylic acids is 2. The van der Waals surface area contributed by atoms with Crippen LogP contribution in [0.1, 0.15) is 6.42 Å². The number of hydrogen-bond donors (Lipinski definition) is 1. The molecular formula is C13H14ClN3O2S. The van der Waals surface area contributed by atoms with Gasteiger partial charge in [0.15, 0.2) is 5.17 Å². The lowest BCUT2D eigenvalue weighted by atomic mass is 10.2. The Balaban J connectivity index is 1.97. The molecule has 2 rings (SSSR count). The zero-order valence-electron chi connectivity index (χ0n) is 11.1. The molecule has 1 heterocycles. The van der Waals surface area contributed by atoms with Crippen LogP contribution >= 0.6 is 23.4 Å². The van der Waals surface area contributed by atoms with Crippen LogP contribution in [0.4, 0.5) is 5.69 Å². The van der Waals surface area contributed by atoms with Gasteiger partial charge in [0.05, 0.1) is 0 Å². The summed E-state index contributed by atoms with van der Waals surface area (Å²) in [7, 11) is 3.28. The normalized spacial score (nSPS) is 20.6. The first kappa shape index (κ1) is 14.9. The molecule has 0 aromatic heterocycles. The highest BCUT2D eigenvalue weighted by Gasteiger charge is 2.36. The van der Waals surface area contributed by atoms with Crippen molar-refractivity contribution >= 4 is 46.0 Å². The number of benzene rings is 1. The number of rotatable bonds is 3. The minimum absolute atomic E-state index is 0.100. The summed E-state index contributed by atoms with van der Waals surface area (Å²) in [6.45, 7) is 0. The summed E-state index contributed by atoms with van der Waals surface area (Å²) in [5, 5.41) is 3.50. The average molecular weight is 312 g/mol. The Labute approximate surface area is 126 Å². The van der Waals surface area contributed by atoms with Crippen molar-refractivity contribution in [2.24, 2.45) is 4.99 Å². The first-order valence-corrected chi connectivity index (χ1v) is 7.23. The van der Waals surface area contributed by atoms with Crippen LogP contribution in [-0.2, 0) is 9.59 Å². The predicted octanol–water partition coefficient (Wildman–Crippen LogP) is 2.23. The van der Waals surface area contributed by atoms with Crippen molar-refractivity contribution in [1.82, 2.24) is 4.90 Å². The number of amides is 2. The highest BCUT2D eigenvalue weighted by Crippen LogP contribution is 2.28. The minimum atomic E-state index is -0.419. The maximum atomic E-state index is 11.9. The summed E-state index contributed by atoms with van der Waals surface area (Å²) < 4.78 is 0. The average Bonchev–Trinajstić information content (AvgIpc) is 2.66. The van der Waals surface area contributed by atoms with Gasteiger partial charge in [0.1, 0.15) is 5.25 Å². The van der Waals surface area contributed by atoms with Crippen LogP contribution in [0.25, 0.3) is 0 Å². The Kier molecular flexibility index (Phi) is 4.67. The maximum Gasteiger partial charge on any atom is 0.242 e. The zero-order valence-corrected chi connectivity index (χ0v) is 12.7. The van der Waals surface area contributed by atoms with E-state index in [1.165, 1.54) is 16.7 Å². The molecule has 0 aliphatic carbocycles. The first-order valence-electron chi connectivity index (χ1n) is 5.97. The quantitative estimate of drug-likeness (QED) is 0.931. The molecule has 106 valence electrons. The maximum absolute atomic E-state index is 11.9. The van der Waals surface area contributed by atoms with E-state index < -0.39 is 5.25 Å².